The number of rotatable bonds is 5. The van der Waals surface area contributed by atoms with Crippen molar-refractivity contribution < 1.29 is 0 Å². The first-order valence-corrected chi connectivity index (χ1v) is 6.80. The van der Waals surface area contributed by atoms with E-state index in [1.807, 2.05) is 0 Å². The summed E-state index contributed by atoms with van der Waals surface area (Å²) in [5.74, 6) is 4.71. The van der Waals surface area contributed by atoms with Gasteiger partial charge in [0, 0.05) is 0 Å². The standard InChI is InChI=1S/C14H24/c1-3-4-5-6-7-12-11-8-13(11)14(12)9-10(14)2/h10-13H,3-9H2,1-2H3. The molecule has 0 aromatic heterocycles. The highest BCUT2D eigenvalue weighted by atomic mass is 14.8. The van der Waals surface area contributed by atoms with Crippen LogP contribution in [0.5, 0.6) is 0 Å². The summed E-state index contributed by atoms with van der Waals surface area (Å²) in [5, 5.41) is 0. The van der Waals surface area contributed by atoms with Gasteiger partial charge in [-0.25, -0.2) is 0 Å². The second-order valence-electron chi connectivity index (χ2n) is 6.18. The fourth-order valence-electron chi connectivity index (χ4n) is 4.61. The van der Waals surface area contributed by atoms with Gasteiger partial charge in [0.05, 0.1) is 0 Å². The Labute approximate surface area is 88.5 Å². The zero-order chi connectivity index (χ0) is 9.76. The van der Waals surface area contributed by atoms with Gasteiger partial charge in [0.25, 0.3) is 0 Å². The normalized spacial score (nSPS) is 52.7. The minimum Gasteiger partial charge on any atom is -0.0654 e. The van der Waals surface area contributed by atoms with Crippen molar-refractivity contribution >= 4 is 0 Å². The summed E-state index contributed by atoms with van der Waals surface area (Å²) < 4.78 is 0. The van der Waals surface area contributed by atoms with Crippen molar-refractivity contribution in [2.45, 2.75) is 58.8 Å². The Kier molecular flexibility index (Phi) is 1.98. The molecule has 3 aliphatic carbocycles. The van der Waals surface area contributed by atoms with Gasteiger partial charge in [0.2, 0.25) is 0 Å². The Morgan fingerprint density at radius 2 is 2.00 bits per heavy atom. The summed E-state index contributed by atoms with van der Waals surface area (Å²) in [6.45, 7) is 4.80. The summed E-state index contributed by atoms with van der Waals surface area (Å²) >= 11 is 0. The van der Waals surface area contributed by atoms with Crippen molar-refractivity contribution in [1.29, 1.82) is 0 Å². The van der Waals surface area contributed by atoms with Crippen LogP contribution in [-0.4, -0.2) is 0 Å². The fraction of sp³-hybridized carbons (Fsp3) is 1.00. The maximum atomic E-state index is 2.49. The fourth-order valence-corrected chi connectivity index (χ4v) is 4.61. The topological polar surface area (TPSA) is 0 Å². The van der Waals surface area contributed by atoms with Crippen LogP contribution in [0.4, 0.5) is 0 Å². The molecule has 3 aliphatic rings. The van der Waals surface area contributed by atoms with Gasteiger partial charge in [-0.05, 0) is 48.3 Å². The van der Waals surface area contributed by atoms with Crippen molar-refractivity contribution in [1.82, 2.24) is 0 Å². The molecule has 0 aliphatic heterocycles. The molecule has 0 bridgehead atoms. The van der Waals surface area contributed by atoms with Crippen LogP contribution in [0.1, 0.15) is 58.8 Å². The number of fused-ring (bicyclic) bond motifs is 2. The smallest absolute Gasteiger partial charge is 0.0207 e. The van der Waals surface area contributed by atoms with Crippen LogP contribution in [0.25, 0.3) is 0 Å². The quantitative estimate of drug-likeness (QED) is 0.571. The van der Waals surface area contributed by atoms with Crippen molar-refractivity contribution in [2.24, 2.45) is 29.1 Å². The predicted molar refractivity (Wildman–Crippen MR) is 60.1 cm³/mol. The highest BCUT2D eigenvalue weighted by Gasteiger charge is 2.78. The van der Waals surface area contributed by atoms with E-state index in [1.165, 1.54) is 43.4 Å². The molecule has 0 radical (unpaired) electrons. The van der Waals surface area contributed by atoms with Crippen LogP contribution in [-0.2, 0) is 0 Å². The zero-order valence-corrected chi connectivity index (χ0v) is 9.76. The van der Waals surface area contributed by atoms with Crippen LogP contribution in [0.15, 0.2) is 0 Å². The van der Waals surface area contributed by atoms with Gasteiger partial charge in [0.15, 0.2) is 0 Å². The average molecular weight is 192 g/mol. The first-order valence-electron chi connectivity index (χ1n) is 6.80. The molecule has 80 valence electrons. The monoisotopic (exact) mass is 192 g/mol. The second-order valence-corrected chi connectivity index (χ2v) is 6.18. The van der Waals surface area contributed by atoms with Gasteiger partial charge in [-0.3, -0.25) is 0 Å². The molecule has 0 heteroatoms. The Hall–Kier alpha value is 0. The van der Waals surface area contributed by atoms with Gasteiger partial charge >= 0.3 is 0 Å². The summed E-state index contributed by atoms with van der Waals surface area (Å²) in [5.41, 5.74) is 0.927. The van der Waals surface area contributed by atoms with E-state index in [2.05, 4.69) is 13.8 Å². The molecular weight excluding hydrogens is 168 g/mol. The molecule has 3 saturated carbocycles. The summed E-state index contributed by atoms with van der Waals surface area (Å²) in [6, 6.07) is 0. The SMILES string of the molecule is CCCCCCC1C2CC2C12CC2C. The molecule has 0 aromatic carbocycles. The van der Waals surface area contributed by atoms with Crippen LogP contribution >= 0.6 is 0 Å². The van der Waals surface area contributed by atoms with E-state index in [9.17, 15) is 0 Å². The lowest BCUT2D eigenvalue weighted by molar-refractivity contribution is 0.0972. The third-order valence-corrected chi connectivity index (χ3v) is 5.52. The predicted octanol–water partition coefficient (Wildman–Crippen LogP) is 4.25. The van der Waals surface area contributed by atoms with E-state index >= 15 is 0 Å². The third-order valence-electron chi connectivity index (χ3n) is 5.52. The van der Waals surface area contributed by atoms with Crippen LogP contribution in [0.3, 0.4) is 0 Å². The average Bonchev–Trinajstić information content (AvgIpc) is 3.01. The number of unbranched alkanes of at least 4 members (excludes halogenated alkanes) is 3. The van der Waals surface area contributed by atoms with Crippen LogP contribution < -0.4 is 0 Å². The maximum Gasteiger partial charge on any atom is -0.0207 e. The lowest BCUT2D eigenvalue weighted by atomic mass is 9.67. The zero-order valence-electron chi connectivity index (χ0n) is 9.76. The van der Waals surface area contributed by atoms with E-state index in [-0.39, 0.29) is 0 Å². The van der Waals surface area contributed by atoms with Crippen molar-refractivity contribution in [2.75, 3.05) is 0 Å². The highest BCUT2D eigenvalue weighted by Crippen LogP contribution is 2.84. The minimum absolute atomic E-state index is 0.927. The van der Waals surface area contributed by atoms with Gasteiger partial charge in [0.1, 0.15) is 0 Å². The molecule has 3 rings (SSSR count). The van der Waals surface area contributed by atoms with Crippen LogP contribution in [0.2, 0.25) is 0 Å². The molecule has 0 heterocycles. The second kappa shape index (κ2) is 3.00. The summed E-state index contributed by atoms with van der Waals surface area (Å²) in [7, 11) is 0. The first-order chi connectivity index (χ1) is 6.80. The Bertz CT molecular complexity index is 232. The Morgan fingerprint density at radius 1 is 1.21 bits per heavy atom. The van der Waals surface area contributed by atoms with E-state index in [4.69, 9.17) is 0 Å². The minimum atomic E-state index is 0.927. The highest BCUT2D eigenvalue weighted by molar-refractivity contribution is 5.26. The van der Waals surface area contributed by atoms with Crippen molar-refractivity contribution in [3.63, 3.8) is 0 Å². The Balaban J connectivity index is 1.46. The van der Waals surface area contributed by atoms with Gasteiger partial charge < -0.3 is 0 Å². The number of hydrogen-bond donors (Lipinski definition) is 0. The molecule has 0 amide bonds. The van der Waals surface area contributed by atoms with Gasteiger partial charge in [-0.1, -0.05) is 39.5 Å². The van der Waals surface area contributed by atoms with Gasteiger partial charge in [-0.15, -0.1) is 0 Å². The first kappa shape index (κ1) is 9.24. The maximum absolute atomic E-state index is 2.49. The summed E-state index contributed by atoms with van der Waals surface area (Å²) in [4.78, 5) is 0. The molecule has 0 aromatic rings. The Morgan fingerprint density at radius 3 is 2.64 bits per heavy atom. The van der Waals surface area contributed by atoms with Crippen molar-refractivity contribution in [3.05, 3.63) is 0 Å². The third kappa shape index (κ3) is 1.06. The lowest BCUT2D eigenvalue weighted by Gasteiger charge is -2.38. The van der Waals surface area contributed by atoms with E-state index in [0.29, 0.717) is 0 Å². The molecule has 5 unspecified atom stereocenters. The molecule has 3 fully saturated rings. The van der Waals surface area contributed by atoms with E-state index in [0.717, 1.165) is 11.3 Å². The van der Waals surface area contributed by atoms with Gasteiger partial charge in [-0.2, -0.15) is 0 Å². The van der Waals surface area contributed by atoms with Crippen molar-refractivity contribution in [3.8, 4) is 0 Å². The lowest BCUT2D eigenvalue weighted by Crippen LogP contribution is -2.33. The largest absolute Gasteiger partial charge is 0.0654 e. The molecule has 1 spiro atoms. The number of hydrogen-bond acceptors (Lipinski definition) is 0. The van der Waals surface area contributed by atoms with Crippen LogP contribution in [0, 0.1) is 29.1 Å². The molecular formula is C14H24. The molecule has 5 atom stereocenters. The molecule has 0 saturated heterocycles. The molecule has 14 heavy (non-hydrogen) atoms. The molecule has 0 nitrogen and oxygen atoms in total. The van der Waals surface area contributed by atoms with E-state index in [1.54, 1.807) is 19.3 Å². The molecule has 0 N–H and O–H groups in total. The van der Waals surface area contributed by atoms with E-state index < -0.39 is 0 Å². The summed E-state index contributed by atoms with van der Waals surface area (Å²) in [6.07, 6.45) is 10.6.